The van der Waals surface area contributed by atoms with Gasteiger partial charge in [0.1, 0.15) is 23.2 Å². The van der Waals surface area contributed by atoms with Crippen molar-refractivity contribution >= 4 is 29.1 Å². The van der Waals surface area contributed by atoms with E-state index in [4.69, 9.17) is 25.8 Å². The number of halogens is 1. The standard InChI is InChI=1S/C23H33ClO8.C21H32O7.2Ac/c1-10-12(25)7-23(30)11(2)18-21(5,13(26)6-14-22(18,29)9-31-14)19(28)17(32-15(27)8-24)16(10)20(23,3)4;1-9-11(22)7-21(27)10(2)16-19(5,12(23)6-13-20(16,26)8-28-13)17(25)15(24)14(9)18(21,3)4;;/h11-14,17-18,25-26,29-30H,6-9H2,1-5H3;10-13,15-16,22-24,26-27H,6-8H2,1-5H3;;/t11?,12?,13?,14?,17?,18?,21-,22+,23?;10?,11?,12?,13?,15?,16?,19-,20+,21?;;/m11../s1. The van der Waals surface area contributed by atoms with Crippen LogP contribution in [0.5, 0.6) is 0 Å². The van der Waals surface area contributed by atoms with E-state index in [0.29, 0.717) is 22.3 Å². The molecule has 8 rings (SSSR count). The first kappa shape index (κ1) is 54.0. The van der Waals surface area contributed by atoms with Crippen LogP contribution in [0.15, 0.2) is 22.3 Å². The van der Waals surface area contributed by atoms with Crippen LogP contribution in [0, 0.1) is 133 Å². The number of aliphatic hydroxyl groups excluding tert-OH is 5. The molecule has 2 heterocycles. The Balaban J connectivity index is 0.000000229. The van der Waals surface area contributed by atoms with Crippen LogP contribution in [0.3, 0.4) is 0 Å². The first-order valence-corrected chi connectivity index (χ1v) is 21.7. The SMILES string of the molecule is CC1=C2C(O)C(=O)[C@]3(C)C(O)CC4OC[C@@]4(O)C3C(C)C(O)(CC1O)C2(C)C.CC1=C2C(OC(=O)CCl)C(=O)[C@]3(C)C(O)CC4OC[C@@]4(O)C3C(C)C(O)(CC1O)C2(C)C.[Ac].[Ac]. The van der Waals surface area contributed by atoms with Gasteiger partial charge in [-0.1, -0.05) is 41.5 Å². The molecule has 344 valence electrons. The first-order chi connectivity index (χ1) is 27.4. The van der Waals surface area contributed by atoms with Gasteiger partial charge in [-0.05, 0) is 61.8 Å². The van der Waals surface area contributed by atoms with Crippen LogP contribution in [0.2, 0.25) is 0 Å². The third-order valence-electron chi connectivity index (χ3n) is 18.1. The van der Waals surface area contributed by atoms with Crippen LogP contribution in [-0.2, 0) is 28.6 Å². The molecule has 6 fully saturated rings. The van der Waals surface area contributed by atoms with E-state index in [1.807, 2.05) is 0 Å². The van der Waals surface area contributed by atoms with Gasteiger partial charge >= 0.3 is 5.97 Å². The van der Waals surface area contributed by atoms with Gasteiger partial charge < -0.3 is 60.2 Å². The normalized spacial score (nSPS) is 50.8. The van der Waals surface area contributed by atoms with E-state index in [1.54, 1.807) is 69.2 Å². The van der Waals surface area contributed by atoms with Crippen molar-refractivity contribution in [1.29, 1.82) is 0 Å². The largest absolute Gasteiger partial charge is 0.449 e. The minimum absolute atomic E-state index is 0. The van der Waals surface area contributed by atoms with Crippen LogP contribution in [0.4, 0.5) is 0 Å². The molecule has 15 nitrogen and oxygen atoms in total. The molecule has 6 aliphatic carbocycles. The number of rotatable bonds is 2. The monoisotopic (exact) mass is 1320 g/mol. The predicted molar refractivity (Wildman–Crippen MR) is 213 cm³/mol. The Morgan fingerprint density at radius 3 is 1.42 bits per heavy atom. The zero-order valence-electron chi connectivity index (χ0n) is 37.4. The predicted octanol–water partition coefficient (Wildman–Crippen LogP) is 0.633. The van der Waals surface area contributed by atoms with Crippen LogP contribution in [-0.4, -0.2) is 154 Å². The number of ether oxygens (including phenoxy) is 3. The number of Topliss-reactive ketones (excluding diaryl/α,β-unsaturated/α-hetero) is 2. The maximum absolute atomic E-state index is 14.2. The Morgan fingerprint density at radius 1 is 0.677 bits per heavy atom. The number of hydrogen-bond donors (Lipinski definition) is 9. The Bertz CT molecular complexity index is 1930. The summed E-state index contributed by atoms with van der Waals surface area (Å²) in [7, 11) is 0. The zero-order chi connectivity index (χ0) is 45.0. The van der Waals surface area contributed by atoms with Crippen LogP contribution < -0.4 is 0 Å². The summed E-state index contributed by atoms with van der Waals surface area (Å²) in [6.07, 6.45) is -8.58. The van der Waals surface area contributed by atoms with Crippen molar-refractivity contribution in [3.05, 3.63) is 22.3 Å². The van der Waals surface area contributed by atoms with E-state index < -0.39 is 140 Å². The molecule has 9 N–H and O–H groups in total. The summed E-state index contributed by atoms with van der Waals surface area (Å²) in [5.74, 6) is -5.55. The molecule has 18 atom stereocenters. The van der Waals surface area contributed by atoms with Crippen molar-refractivity contribution in [1.82, 2.24) is 0 Å². The van der Waals surface area contributed by atoms with Crippen molar-refractivity contribution in [3.63, 3.8) is 0 Å². The fraction of sp³-hybridized carbons (Fsp3) is 0.841. The minimum Gasteiger partial charge on any atom is -0.449 e. The summed E-state index contributed by atoms with van der Waals surface area (Å²) in [5.41, 5.74) is -9.43. The van der Waals surface area contributed by atoms with Gasteiger partial charge in [0.15, 0.2) is 17.7 Å². The Kier molecular flexibility index (Phi) is 14.9. The quantitative estimate of drug-likeness (QED) is 0.104. The Hall–Kier alpha value is 1.02. The van der Waals surface area contributed by atoms with Gasteiger partial charge in [0.2, 0.25) is 0 Å². The fourth-order valence-electron chi connectivity index (χ4n) is 14.2. The van der Waals surface area contributed by atoms with E-state index in [1.165, 1.54) is 0 Å². The summed E-state index contributed by atoms with van der Waals surface area (Å²) >= 11 is 5.68. The van der Waals surface area contributed by atoms with Crippen molar-refractivity contribution in [3.8, 4) is 0 Å². The molecular formula is C44H65Ac2ClO15. The van der Waals surface area contributed by atoms with Gasteiger partial charge in [0.25, 0.3) is 0 Å². The molecule has 0 aromatic rings. The second-order valence-corrected chi connectivity index (χ2v) is 21.3. The molecule has 4 bridgehead atoms. The third-order valence-corrected chi connectivity index (χ3v) is 18.3. The summed E-state index contributed by atoms with van der Waals surface area (Å²) in [6, 6.07) is 0. The number of alkyl halides is 1. The minimum atomic E-state index is -1.58. The molecule has 0 aromatic carbocycles. The Labute approximate surface area is 439 Å². The van der Waals surface area contributed by atoms with Crippen molar-refractivity contribution in [2.45, 2.75) is 166 Å². The molecule has 2 saturated heterocycles. The number of fused-ring (bicyclic) bond motifs is 10. The summed E-state index contributed by atoms with van der Waals surface area (Å²) in [5, 5.41) is 102. The number of esters is 1. The molecule has 4 saturated carbocycles. The molecule has 0 amide bonds. The van der Waals surface area contributed by atoms with Crippen LogP contribution in [0.1, 0.15) is 94.9 Å². The second-order valence-electron chi connectivity index (χ2n) is 21.0. The van der Waals surface area contributed by atoms with Gasteiger partial charge in [-0.15, -0.1) is 11.6 Å². The summed E-state index contributed by atoms with van der Waals surface area (Å²) < 4.78 is 16.6. The maximum atomic E-state index is 14.2. The molecule has 2 aliphatic heterocycles. The van der Waals surface area contributed by atoms with Crippen LogP contribution in [0.25, 0.3) is 0 Å². The molecule has 0 aromatic heterocycles. The molecule has 18 heteroatoms. The summed E-state index contributed by atoms with van der Waals surface area (Å²) in [4.78, 5) is 40.1. The topological polar surface area (TPSA) is 261 Å². The molecule has 8 aliphatic rings. The molecule has 0 spiro atoms. The second kappa shape index (κ2) is 17.2. The van der Waals surface area contributed by atoms with E-state index in [-0.39, 0.29) is 127 Å². The van der Waals surface area contributed by atoms with E-state index in [9.17, 15) is 60.3 Å². The smallest absolute Gasteiger partial charge is 0.321 e. The number of carbonyl (C=O) groups excluding carboxylic acids is 3. The van der Waals surface area contributed by atoms with Crippen molar-refractivity contribution in [2.75, 3.05) is 19.1 Å². The van der Waals surface area contributed by atoms with E-state index >= 15 is 0 Å². The molecular weight excluding hydrogens is 1260 g/mol. The molecule has 2 radical (unpaired) electrons. The van der Waals surface area contributed by atoms with Gasteiger partial charge in [-0.3, -0.25) is 14.4 Å². The van der Waals surface area contributed by atoms with Gasteiger partial charge in [-0.25, -0.2) is 0 Å². The number of aliphatic hydroxyl groups is 9. The van der Waals surface area contributed by atoms with Gasteiger partial charge in [-0.2, -0.15) is 0 Å². The van der Waals surface area contributed by atoms with Gasteiger partial charge in [0.05, 0.1) is 71.9 Å². The third kappa shape index (κ3) is 6.86. The maximum Gasteiger partial charge on any atom is 0.321 e. The van der Waals surface area contributed by atoms with Crippen molar-refractivity contribution < 1.29 is 163 Å². The zero-order valence-corrected chi connectivity index (χ0v) is 47.6. The van der Waals surface area contributed by atoms with Crippen LogP contribution >= 0.6 is 11.6 Å². The first-order valence-electron chi connectivity index (χ1n) is 21.2. The number of carbonyl (C=O) groups is 3. The number of ketones is 2. The molecule has 14 unspecified atom stereocenters. The van der Waals surface area contributed by atoms with E-state index in [0.717, 1.165) is 0 Å². The fourth-order valence-corrected chi connectivity index (χ4v) is 14.3. The average Bonchev–Trinajstić information content (AvgIpc) is 3.16. The van der Waals surface area contributed by atoms with E-state index in [2.05, 4.69) is 0 Å². The molecule has 62 heavy (non-hydrogen) atoms. The average molecular weight is 1320 g/mol. The Morgan fingerprint density at radius 2 is 1.05 bits per heavy atom. The van der Waals surface area contributed by atoms with Crippen molar-refractivity contribution in [2.24, 2.45) is 45.3 Å². The summed E-state index contributed by atoms with van der Waals surface area (Å²) in [6.45, 7) is 17.0. The number of hydrogen-bond acceptors (Lipinski definition) is 15. The van der Waals surface area contributed by atoms with Gasteiger partial charge in [0, 0.05) is 136 Å².